The van der Waals surface area contributed by atoms with Crippen molar-refractivity contribution in [1.82, 2.24) is 0 Å². The number of benzene rings is 2. The van der Waals surface area contributed by atoms with Crippen LogP contribution < -0.4 is 0 Å². The molecular weight excluding hydrogens is 324 g/mol. The summed E-state index contributed by atoms with van der Waals surface area (Å²) >= 11 is 9.49. The van der Waals surface area contributed by atoms with E-state index in [1.54, 1.807) is 6.07 Å². The molecule has 1 nitrogen and oxygen atoms in total. The van der Waals surface area contributed by atoms with Crippen molar-refractivity contribution >= 4 is 33.3 Å². The van der Waals surface area contributed by atoms with Gasteiger partial charge in [0.25, 0.3) is 0 Å². The van der Waals surface area contributed by atoms with E-state index in [9.17, 15) is 4.79 Å². The van der Waals surface area contributed by atoms with Crippen LogP contribution in [0, 0.1) is 0 Å². The summed E-state index contributed by atoms with van der Waals surface area (Å²) in [4.78, 5) is 12.4. The van der Waals surface area contributed by atoms with Crippen LogP contribution in [-0.4, -0.2) is 5.78 Å². The Bertz CT molecular complexity index is 590. The Kier molecular flexibility index (Phi) is 4.78. The van der Waals surface area contributed by atoms with Gasteiger partial charge in [-0.05, 0) is 40.0 Å². The lowest BCUT2D eigenvalue weighted by Gasteiger charge is -2.06. The third-order valence-electron chi connectivity index (χ3n) is 2.95. The van der Waals surface area contributed by atoms with Gasteiger partial charge in [0.1, 0.15) is 0 Å². The molecule has 0 N–H and O–H groups in total. The summed E-state index contributed by atoms with van der Waals surface area (Å²) in [6.45, 7) is 2.14. The van der Waals surface area contributed by atoms with Crippen molar-refractivity contribution < 1.29 is 4.79 Å². The Labute approximate surface area is 126 Å². The van der Waals surface area contributed by atoms with Crippen molar-refractivity contribution in [2.45, 2.75) is 19.8 Å². The van der Waals surface area contributed by atoms with E-state index in [4.69, 9.17) is 11.6 Å². The molecular formula is C16H14BrClO. The number of hydrogen-bond acceptors (Lipinski definition) is 1. The summed E-state index contributed by atoms with van der Waals surface area (Å²) < 4.78 is 0.739. The molecule has 19 heavy (non-hydrogen) atoms. The van der Waals surface area contributed by atoms with E-state index < -0.39 is 0 Å². The number of halogens is 2. The average Bonchev–Trinajstić information content (AvgIpc) is 2.42. The van der Waals surface area contributed by atoms with Gasteiger partial charge < -0.3 is 0 Å². The fraction of sp³-hybridized carbons (Fsp3) is 0.188. The molecule has 0 amide bonds. The van der Waals surface area contributed by atoms with Gasteiger partial charge in [-0.1, -0.05) is 55.3 Å². The number of rotatable bonds is 4. The third kappa shape index (κ3) is 3.26. The van der Waals surface area contributed by atoms with E-state index in [1.807, 2.05) is 36.4 Å². The normalized spacial score (nSPS) is 10.5. The zero-order valence-electron chi connectivity index (χ0n) is 10.6. The van der Waals surface area contributed by atoms with Gasteiger partial charge in [0.2, 0.25) is 0 Å². The molecule has 0 aliphatic carbocycles. The van der Waals surface area contributed by atoms with E-state index in [-0.39, 0.29) is 5.78 Å². The van der Waals surface area contributed by atoms with Crippen LogP contribution in [0.3, 0.4) is 0 Å². The first-order chi connectivity index (χ1) is 9.13. The molecule has 2 aromatic rings. The van der Waals surface area contributed by atoms with Gasteiger partial charge in [-0.3, -0.25) is 4.79 Å². The van der Waals surface area contributed by atoms with E-state index in [1.165, 1.54) is 5.56 Å². The smallest absolute Gasteiger partial charge is 0.194 e. The van der Waals surface area contributed by atoms with Crippen molar-refractivity contribution in [1.29, 1.82) is 0 Å². The molecule has 0 aliphatic heterocycles. The van der Waals surface area contributed by atoms with Crippen LogP contribution in [-0.2, 0) is 6.42 Å². The van der Waals surface area contributed by atoms with Crippen molar-refractivity contribution in [3.05, 3.63) is 68.7 Å². The largest absolute Gasteiger partial charge is 0.289 e. The Morgan fingerprint density at radius 3 is 2.47 bits per heavy atom. The molecule has 0 aromatic heterocycles. The van der Waals surface area contributed by atoms with Crippen molar-refractivity contribution in [3.8, 4) is 0 Å². The second-order valence-corrected chi connectivity index (χ2v) is 5.61. The van der Waals surface area contributed by atoms with Crippen molar-refractivity contribution in [2.75, 3.05) is 0 Å². The Morgan fingerprint density at radius 1 is 1.16 bits per heavy atom. The fourth-order valence-corrected chi connectivity index (χ4v) is 2.52. The first kappa shape index (κ1) is 14.3. The molecule has 0 fully saturated rings. The van der Waals surface area contributed by atoms with Crippen LogP contribution in [0.1, 0.15) is 34.8 Å². The molecule has 0 radical (unpaired) electrons. The van der Waals surface area contributed by atoms with Crippen LogP contribution in [0.4, 0.5) is 0 Å². The summed E-state index contributed by atoms with van der Waals surface area (Å²) in [5.74, 6) is -0.0469. The molecule has 0 spiro atoms. The predicted molar refractivity (Wildman–Crippen MR) is 83.0 cm³/mol. The Morgan fingerprint density at radius 2 is 1.84 bits per heavy atom. The molecule has 0 saturated carbocycles. The van der Waals surface area contributed by atoms with Crippen LogP contribution in [0.15, 0.2) is 46.9 Å². The lowest BCUT2D eigenvalue weighted by molar-refractivity contribution is 0.103. The lowest BCUT2D eigenvalue weighted by Crippen LogP contribution is -2.02. The minimum absolute atomic E-state index is 0.0469. The van der Waals surface area contributed by atoms with E-state index >= 15 is 0 Å². The first-order valence-corrected chi connectivity index (χ1v) is 7.38. The maximum Gasteiger partial charge on any atom is 0.194 e. The molecule has 0 saturated heterocycles. The summed E-state index contributed by atoms with van der Waals surface area (Å²) in [5, 5.41) is 0.463. The highest BCUT2D eigenvalue weighted by atomic mass is 79.9. The summed E-state index contributed by atoms with van der Waals surface area (Å²) in [7, 11) is 0. The predicted octanol–water partition coefficient (Wildman–Crippen LogP) is 5.29. The highest BCUT2D eigenvalue weighted by molar-refractivity contribution is 9.10. The molecule has 0 bridgehead atoms. The van der Waals surface area contributed by atoms with Crippen molar-refractivity contribution in [3.63, 3.8) is 0 Å². The van der Waals surface area contributed by atoms with E-state index in [0.29, 0.717) is 16.1 Å². The maximum absolute atomic E-state index is 12.4. The van der Waals surface area contributed by atoms with Gasteiger partial charge in [-0.25, -0.2) is 0 Å². The topological polar surface area (TPSA) is 17.1 Å². The van der Waals surface area contributed by atoms with E-state index in [0.717, 1.165) is 17.3 Å². The quantitative estimate of drug-likeness (QED) is 0.693. The summed E-state index contributed by atoms with van der Waals surface area (Å²) in [5.41, 5.74) is 2.44. The van der Waals surface area contributed by atoms with Gasteiger partial charge >= 0.3 is 0 Å². The maximum atomic E-state index is 12.4. The lowest BCUT2D eigenvalue weighted by atomic mass is 10.0. The monoisotopic (exact) mass is 336 g/mol. The van der Waals surface area contributed by atoms with E-state index in [2.05, 4.69) is 22.9 Å². The fourth-order valence-electron chi connectivity index (χ4n) is 1.95. The van der Waals surface area contributed by atoms with Gasteiger partial charge in [-0.2, -0.15) is 0 Å². The molecule has 2 rings (SSSR count). The van der Waals surface area contributed by atoms with Crippen LogP contribution in [0.2, 0.25) is 5.02 Å². The highest BCUT2D eigenvalue weighted by Crippen LogP contribution is 2.27. The number of aryl methyl sites for hydroxylation is 1. The second kappa shape index (κ2) is 6.36. The zero-order chi connectivity index (χ0) is 13.8. The van der Waals surface area contributed by atoms with Gasteiger partial charge in [0.05, 0.1) is 5.02 Å². The van der Waals surface area contributed by atoms with Crippen LogP contribution in [0.5, 0.6) is 0 Å². The van der Waals surface area contributed by atoms with Gasteiger partial charge in [0.15, 0.2) is 5.78 Å². The van der Waals surface area contributed by atoms with Crippen molar-refractivity contribution in [2.24, 2.45) is 0 Å². The molecule has 0 atom stereocenters. The molecule has 98 valence electrons. The van der Waals surface area contributed by atoms with Gasteiger partial charge in [-0.15, -0.1) is 0 Å². The molecule has 0 unspecified atom stereocenters. The first-order valence-electron chi connectivity index (χ1n) is 6.21. The molecule has 0 aliphatic rings. The number of ketones is 1. The SMILES string of the molecule is CCCc1ccc(C(=O)c2cccc(Br)c2Cl)cc1. The summed E-state index contributed by atoms with van der Waals surface area (Å²) in [6.07, 6.45) is 2.14. The second-order valence-electron chi connectivity index (χ2n) is 4.38. The molecule has 3 heteroatoms. The standard InChI is InChI=1S/C16H14BrClO/c1-2-4-11-7-9-12(10-8-11)16(19)13-5-3-6-14(17)15(13)18/h3,5-10H,2,4H2,1H3. The molecule has 0 heterocycles. The highest BCUT2D eigenvalue weighted by Gasteiger charge is 2.14. The number of hydrogen-bond donors (Lipinski definition) is 0. The third-order valence-corrected chi connectivity index (χ3v) is 4.25. The van der Waals surface area contributed by atoms with Gasteiger partial charge in [0, 0.05) is 15.6 Å². The Hall–Kier alpha value is -1.12. The van der Waals surface area contributed by atoms with Crippen LogP contribution >= 0.6 is 27.5 Å². The minimum atomic E-state index is -0.0469. The average molecular weight is 338 g/mol. The zero-order valence-corrected chi connectivity index (χ0v) is 13.0. The van der Waals surface area contributed by atoms with Crippen LogP contribution in [0.25, 0.3) is 0 Å². The number of carbonyl (C=O) groups is 1. The summed E-state index contributed by atoms with van der Waals surface area (Å²) in [6, 6.07) is 13.1. The molecule has 2 aromatic carbocycles. The number of carbonyl (C=O) groups excluding carboxylic acids is 1. The minimum Gasteiger partial charge on any atom is -0.289 e. The Balaban J connectivity index is 2.31.